The van der Waals surface area contributed by atoms with Gasteiger partial charge in [0.2, 0.25) is 0 Å². The Labute approximate surface area is 110 Å². The first-order valence-corrected chi connectivity index (χ1v) is 7.12. The lowest BCUT2D eigenvalue weighted by Gasteiger charge is -2.17. The van der Waals surface area contributed by atoms with Gasteiger partial charge in [-0.3, -0.25) is 0 Å². The van der Waals surface area contributed by atoms with Crippen molar-refractivity contribution in [3.63, 3.8) is 0 Å². The minimum absolute atomic E-state index is 0.595. The fourth-order valence-electron chi connectivity index (χ4n) is 2.46. The number of aromatic nitrogens is 2. The van der Waals surface area contributed by atoms with Crippen LogP contribution in [0.2, 0.25) is 0 Å². The Morgan fingerprint density at radius 2 is 1.78 bits per heavy atom. The van der Waals surface area contributed by atoms with Gasteiger partial charge in [-0.25, -0.2) is 9.97 Å². The standard InChI is InChI=1S/C14H24N4/c1-4-12-17-13(15-5-2)10(3)14(18-12)16-11-8-6-7-9-11/h11H,4-9H2,1-3H3,(H2,15,16,17,18). The molecule has 2 N–H and O–H groups in total. The molecule has 4 nitrogen and oxygen atoms in total. The third-order valence-corrected chi connectivity index (χ3v) is 3.55. The Hall–Kier alpha value is -1.32. The normalized spacial score (nSPS) is 15.9. The Morgan fingerprint density at radius 3 is 2.39 bits per heavy atom. The summed E-state index contributed by atoms with van der Waals surface area (Å²) in [5, 5.41) is 6.92. The van der Waals surface area contributed by atoms with Gasteiger partial charge in [0.15, 0.2) is 0 Å². The lowest BCUT2D eigenvalue weighted by Crippen LogP contribution is -2.18. The molecule has 0 atom stereocenters. The predicted molar refractivity (Wildman–Crippen MR) is 76.2 cm³/mol. The molecule has 1 aliphatic rings. The first-order chi connectivity index (χ1) is 8.74. The van der Waals surface area contributed by atoms with E-state index in [1.54, 1.807) is 0 Å². The van der Waals surface area contributed by atoms with Crippen molar-refractivity contribution in [3.8, 4) is 0 Å². The van der Waals surface area contributed by atoms with Crippen molar-refractivity contribution in [2.45, 2.75) is 58.9 Å². The molecular formula is C14H24N4. The molecular weight excluding hydrogens is 224 g/mol. The van der Waals surface area contributed by atoms with Crippen LogP contribution in [0.25, 0.3) is 0 Å². The molecule has 0 bridgehead atoms. The maximum atomic E-state index is 4.63. The van der Waals surface area contributed by atoms with Crippen LogP contribution in [0.3, 0.4) is 0 Å². The molecule has 0 spiro atoms. The number of aryl methyl sites for hydroxylation is 1. The van der Waals surface area contributed by atoms with E-state index in [1.165, 1.54) is 25.7 Å². The second-order valence-electron chi connectivity index (χ2n) is 4.97. The van der Waals surface area contributed by atoms with Crippen LogP contribution in [-0.2, 0) is 6.42 Å². The Bertz CT molecular complexity index is 397. The fourth-order valence-corrected chi connectivity index (χ4v) is 2.46. The molecule has 1 aromatic rings. The van der Waals surface area contributed by atoms with Crippen LogP contribution in [0.1, 0.15) is 50.9 Å². The topological polar surface area (TPSA) is 49.8 Å². The molecule has 0 aliphatic heterocycles. The van der Waals surface area contributed by atoms with Gasteiger partial charge in [0.25, 0.3) is 0 Å². The van der Waals surface area contributed by atoms with Gasteiger partial charge in [0, 0.05) is 24.6 Å². The minimum Gasteiger partial charge on any atom is -0.370 e. The molecule has 1 aliphatic carbocycles. The summed E-state index contributed by atoms with van der Waals surface area (Å²) in [6.45, 7) is 7.18. The molecule has 0 saturated heterocycles. The number of anilines is 2. The largest absolute Gasteiger partial charge is 0.370 e. The van der Waals surface area contributed by atoms with E-state index < -0.39 is 0 Å². The zero-order chi connectivity index (χ0) is 13.0. The monoisotopic (exact) mass is 248 g/mol. The molecule has 0 aromatic carbocycles. The van der Waals surface area contributed by atoms with Crippen molar-refractivity contribution in [1.82, 2.24) is 9.97 Å². The minimum atomic E-state index is 0.595. The van der Waals surface area contributed by atoms with E-state index in [4.69, 9.17) is 0 Å². The molecule has 1 heterocycles. The van der Waals surface area contributed by atoms with Gasteiger partial charge >= 0.3 is 0 Å². The van der Waals surface area contributed by atoms with Gasteiger partial charge in [-0.05, 0) is 26.7 Å². The molecule has 0 amide bonds. The maximum absolute atomic E-state index is 4.63. The quantitative estimate of drug-likeness (QED) is 0.840. The molecule has 0 unspecified atom stereocenters. The van der Waals surface area contributed by atoms with E-state index in [0.717, 1.165) is 36.0 Å². The smallest absolute Gasteiger partial charge is 0.134 e. The summed E-state index contributed by atoms with van der Waals surface area (Å²) in [4.78, 5) is 9.19. The lowest BCUT2D eigenvalue weighted by atomic mass is 10.2. The van der Waals surface area contributed by atoms with Crippen LogP contribution in [0, 0.1) is 6.92 Å². The van der Waals surface area contributed by atoms with E-state index in [0.29, 0.717) is 6.04 Å². The van der Waals surface area contributed by atoms with Gasteiger partial charge in [-0.15, -0.1) is 0 Å². The van der Waals surface area contributed by atoms with E-state index in [2.05, 4.69) is 41.4 Å². The first kappa shape index (κ1) is 13.1. The number of hydrogen-bond acceptors (Lipinski definition) is 4. The van der Waals surface area contributed by atoms with Crippen LogP contribution in [0.5, 0.6) is 0 Å². The highest BCUT2D eigenvalue weighted by molar-refractivity contribution is 5.57. The summed E-state index contributed by atoms with van der Waals surface area (Å²) in [5.74, 6) is 2.91. The van der Waals surface area contributed by atoms with Crippen molar-refractivity contribution in [2.24, 2.45) is 0 Å². The molecule has 4 heteroatoms. The van der Waals surface area contributed by atoms with Crippen LogP contribution in [0.4, 0.5) is 11.6 Å². The van der Waals surface area contributed by atoms with Gasteiger partial charge in [-0.2, -0.15) is 0 Å². The third-order valence-electron chi connectivity index (χ3n) is 3.55. The number of rotatable bonds is 5. The predicted octanol–water partition coefficient (Wildman–Crippen LogP) is 3.13. The van der Waals surface area contributed by atoms with Crippen molar-refractivity contribution < 1.29 is 0 Å². The number of hydrogen-bond donors (Lipinski definition) is 2. The van der Waals surface area contributed by atoms with Crippen molar-refractivity contribution in [3.05, 3.63) is 11.4 Å². The fraction of sp³-hybridized carbons (Fsp3) is 0.714. The van der Waals surface area contributed by atoms with Crippen molar-refractivity contribution in [1.29, 1.82) is 0 Å². The molecule has 1 aromatic heterocycles. The van der Waals surface area contributed by atoms with Gasteiger partial charge in [-0.1, -0.05) is 19.8 Å². The average Bonchev–Trinajstić information content (AvgIpc) is 2.87. The molecule has 1 fully saturated rings. The number of nitrogens with one attached hydrogen (secondary N) is 2. The average molecular weight is 248 g/mol. The summed E-state index contributed by atoms with van der Waals surface area (Å²) >= 11 is 0. The van der Waals surface area contributed by atoms with Crippen LogP contribution in [-0.4, -0.2) is 22.6 Å². The second kappa shape index (κ2) is 6.03. The van der Waals surface area contributed by atoms with Gasteiger partial charge < -0.3 is 10.6 Å². The summed E-state index contributed by atoms with van der Waals surface area (Å²) in [7, 11) is 0. The zero-order valence-corrected chi connectivity index (χ0v) is 11.7. The molecule has 1 saturated carbocycles. The first-order valence-electron chi connectivity index (χ1n) is 7.12. The Kier molecular flexibility index (Phi) is 4.39. The van der Waals surface area contributed by atoms with Crippen LogP contribution in [0.15, 0.2) is 0 Å². The summed E-state index contributed by atoms with van der Waals surface area (Å²) in [5.41, 5.74) is 1.14. The third kappa shape index (κ3) is 2.92. The van der Waals surface area contributed by atoms with Crippen LogP contribution < -0.4 is 10.6 Å². The highest BCUT2D eigenvalue weighted by Crippen LogP contribution is 2.25. The summed E-state index contributed by atoms with van der Waals surface area (Å²) in [6.07, 6.45) is 6.08. The molecule has 100 valence electrons. The molecule has 2 rings (SSSR count). The highest BCUT2D eigenvalue weighted by atomic mass is 15.1. The highest BCUT2D eigenvalue weighted by Gasteiger charge is 2.17. The maximum Gasteiger partial charge on any atom is 0.134 e. The Balaban J connectivity index is 2.23. The van der Waals surface area contributed by atoms with Crippen molar-refractivity contribution in [2.75, 3.05) is 17.2 Å². The van der Waals surface area contributed by atoms with E-state index in [-0.39, 0.29) is 0 Å². The summed E-state index contributed by atoms with van der Waals surface area (Å²) in [6, 6.07) is 0.595. The van der Waals surface area contributed by atoms with Gasteiger partial charge in [0.05, 0.1) is 0 Å². The number of nitrogens with zero attached hydrogens (tertiary/aromatic N) is 2. The Morgan fingerprint density at radius 1 is 1.11 bits per heavy atom. The molecule has 0 radical (unpaired) electrons. The second-order valence-corrected chi connectivity index (χ2v) is 4.97. The van der Waals surface area contributed by atoms with Crippen molar-refractivity contribution >= 4 is 11.6 Å². The lowest BCUT2D eigenvalue weighted by molar-refractivity contribution is 0.745. The van der Waals surface area contributed by atoms with Crippen LogP contribution >= 0.6 is 0 Å². The van der Waals surface area contributed by atoms with E-state index in [1.807, 2.05) is 0 Å². The van der Waals surface area contributed by atoms with E-state index in [9.17, 15) is 0 Å². The van der Waals surface area contributed by atoms with E-state index >= 15 is 0 Å². The van der Waals surface area contributed by atoms with Gasteiger partial charge in [0.1, 0.15) is 17.5 Å². The summed E-state index contributed by atoms with van der Waals surface area (Å²) < 4.78 is 0. The SMILES string of the molecule is CCNc1nc(CC)nc(NC2CCCC2)c1C. The zero-order valence-electron chi connectivity index (χ0n) is 11.7. The molecule has 18 heavy (non-hydrogen) atoms.